The zero-order valence-corrected chi connectivity index (χ0v) is 25.8. The summed E-state index contributed by atoms with van der Waals surface area (Å²) < 4.78 is 0. The molecule has 0 saturated carbocycles. The normalized spacial score (nSPS) is 11.4. The first-order valence-electron chi connectivity index (χ1n) is 16.2. The van der Waals surface area contributed by atoms with E-state index in [0.717, 1.165) is 11.4 Å². The molecule has 0 saturated heterocycles. The van der Waals surface area contributed by atoms with Gasteiger partial charge in [0.25, 0.3) is 0 Å². The molecule has 9 aromatic carbocycles. The van der Waals surface area contributed by atoms with Crippen LogP contribution < -0.4 is 4.90 Å². The second kappa shape index (κ2) is 11.3. The molecular weight excluding hydrogens is 567 g/mol. The van der Waals surface area contributed by atoms with Crippen LogP contribution in [-0.2, 0) is 0 Å². The summed E-state index contributed by atoms with van der Waals surface area (Å²) in [5, 5.41) is 10.0. The van der Waals surface area contributed by atoms with Gasteiger partial charge < -0.3 is 4.90 Å². The van der Waals surface area contributed by atoms with E-state index in [4.69, 9.17) is 0 Å². The number of hydrogen-bond acceptors (Lipinski definition) is 1. The Hall–Kier alpha value is -6.18. The molecule has 9 aromatic rings. The van der Waals surface area contributed by atoms with E-state index in [9.17, 15) is 0 Å². The van der Waals surface area contributed by atoms with Crippen molar-refractivity contribution in [2.75, 3.05) is 4.90 Å². The Labute approximate surface area is 274 Å². The van der Waals surface area contributed by atoms with Gasteiger partial charge in [-0.15, -0.1) is 0 Å². The molecule has 220 valence electrons. The van der Waals surface area contributed by atoms with E-state index in [1.165, 1.54) is 71.0 Å². The summed E-state index contributed by atoms with van der Waals surface area (Å²) in [4.78, 5) is 2.43. The number of benzene rings is 9. The maximum Gasteiger partial charge on any atom is 0.0552 e. The second-order valence-corrected chi connectivity index (χ2v) is 12.1. The molecule has 0 bridgehead atoms. The second-order valence-electron chi connectivity index (χ2n) is 12.1. The molecule has 0 fully saturated rings. The third kappa shape index (κ3) is 4.72. The van der Waals surface area contributed by atoms with Crippen LogP contribution in [0.15, 0.2) is 188 Å². The molecule has 9 rings (SSSR count). The van der Waals surface area contributed by atoms with E-state index < -0.39 is 0 Å². The van der Waals surface area contributed by atoms with Crippen LogP contribution in [0, 0.1) is 0 Å². The summed E-state index contributed by atoms with van der Waals surface area (Å²) in [5.41, 5.74) is 8.27. The van der Waals surface area contributed by atoms with Crippen LogP contribution in [0.1, 0.15) is 0 Å². The maximum atomic E-state index is 2.43. The Kier molecular flexibility index (Phi) is 6.54. The molecule has 1 nitrogen and oxygen atoms in total. The van der Waals surface area contributed by atoms with Crippen LogP contribution in [0.5, 0.6) is 0 Å². The number of anilines is 3. The Bertz CT molecular complexity index is 2540. The first-order chi connectivity index (χ1) is 23.3. The van der Waals surface area contributed by atoms with Crippen LogP contribution in [0.2, 0.25) is 0 Å². The van der Waals surface area contributed by atoms with E-state index in [0.29, 0.717) is 0 Å². The van der Waals surface area contributed by atoms with Crippen molar-refractivity contribution in [3.05, 3.63) is 188 Å². The van der Waals surface area contributed by atoms with Crippen LogP contribution in [-0.4, -0.2) is 0 Å². The highest BCUT2D eigenvalue weighted by molar-refractivity contribution is 6.23. The fourth-order valence-electron chi connectivity index (χ4n) is 7.16. The topological polar surface area (TPSA) is 3.24 Å². The van der Waals surface area contributed by atoms with Gasteiger partial charge in [0.2, 0.25) is 0 Å². The van der Waals surface area contributed by atoms with Crippen molar-refractivity contribution in [1.82, 2.24) is 0 Å². The van der Waals surface area contributed by atoms with Gasteiger partial charge in [-0.25, -0.2) is 0 Å². The van der Waals surface area contributed by atoms with Crippen LogP contribution in [0.25, 0.3) is 65.3 Å². The van der Waals surface area contributed by atoms with Crippen molar-refractivity contribution in [3.63, 3.8) is 0 Å². The highest BCUT2D eigenvalue weighted by Crippen LogP contribution is 2.45. The average Bonchev–Trinajstić information content (AvgIpc) is 3.15. The van der Waals surface area contributed by atoms with Crippen molar-refractivity contribution in [2.24, 2.45) is 0 Å². The van der Waals surface area contributed by atoms with Gasteiger partial charge in [0.15, 0.2) is 0 Å². The van der Waals surface area contributed by atoms with Gasteiger partial charge >= 0.3 is 0 Å². The molecule has 0 atom stereocenters. The van der Waals surface area contributed by atoms with Crippen molar-refractivity contribution < 1.29 is 0 Å². The third-order valence-electron chi connectivity index (χ3n) is 9.43. The highest BCUT2D eigenvalue weighted by Gasteiger charge is 2.19. The Morgan fingerprint density at radius 2 is 0.830 bits per heavy atom. The standard InChI is InChI=1S/C46H31N/c1-2-11-32(12-3-1)33-21-26-38(27-22-33)47(39-28-23-36(24-29-39)41-20-10-16-34-13-4-7-17-40(34)41)45-31-37-15-6-8-18-42(37)44-30-25-35-14-5-9-19-43(35)46(44)45/h1-31H. The molecular formula is C46H31N. The summed E-state index contributed by atoms with van der Waals surface area (Å²) in [5.74, 6) is 0. The van der Waals surface area contributed by atoms with Crippen molar-refractivity contribution >= 4 is 60.2 Å². The molecule has 0 unspecified atom stereocenters. The first-order valence-corrected chi connectivity index (χ1v) is 16.2. The molecule has 0 heterocycles. The third-order valence-corrected chi connectivity index (χ3v) is 9.43. The largest absolute Gasteiger partial charge is 0.310 e. The summed E-state index contributed by atoms with van der Waals surface area (Å²) >= 11 is 0. The smallest absolute Gasteiger partial charge is 0.0552 e. The van der Waals surface area contributed by atoms with Gasteiger partial charge in [-0.05, 0) is 90.3 Å². The fourth-order valence-corrected chi connectivity index (χ4v) is 7.16. The lowest BCUT2D eigenvalue weighted by molar-refractivity contribution is 1.30. The van der Waals surface area contributed by atoms with Gasteiger partial charge in [0, 0.05) is 16.8 Å². The summed E-state index contributed by atoms with van der Waals surface area (Å²) in [6.45, 7) is 0. The molecule has 0 aliphatic heterocycles. The molecule has 47 heavy (non-hydrogen) atoms. The molecule has 1 heteroatoms. The van der Waals surface area contributed by atoms with Crippen molar-refractivity contribution in [3.8, 4) is 22.3 Å². The van der Waals surface area contributed by atoms with E-state index in [1.54, 1.807) is 0 Å². The van der Waals surface area contributed by atoms with E-state index in [2.05, 4.69) is 193 Å². The minimum atomic E-state index is 1.12. The SMILES string of the molecule is c1ccc(-c2ccc(N(c3ccc(-c4cccc5ccccc45)cc3)c3cc4ccccc4c4ccc5ccccc5c34)cc2)cc1. The molecule has 0 aliphatic carbocycles. The van der Waals surface area contributed by atoms with Gasteiger partial charge in [-0.1, -0.05) is 158 Å². The van der Waals surface area contributed by atoms with Gasteiger partial charge in [-0.2, -0.15) is 0 Å². The average molecular weight is 598 g/mol. The maximum absolute atomic E-state index is 2.43. The number of nitrogens with zero attached hydrogens (tertiary/aromatic N) is 1. The number of hydrogen-bond donors (Lipinski definition) is 0. The summed E-state index contributed by atoms with van der Waals surface area (Å²) in [6, 6.07) is 68.3. The van der Waals surface area contributed by atoms with Gasteiger partial charge in [0.1, 0.15) is 0 Å². The Morgan fingerprint density at radius 1 is 0.298 bits per heavy atom. The first kappa shape index (κ1) is 27.2. The molecule has 0 N–H and O–H groups in total. The van der Waals surface area contributed by atoms with E-state index in [-0.39, 0.29) is 0 Å². The monoisotopic (exact) mass is 597 g/mol. The quantitative estimate of drug-likeness (QED) is 0.178. The van der Waals surface area contributed by atoms with E-state index >= 15 is 0 Å². The predicted octanol–water partition coefficient (Wildman–Crippen LogP) is 13.1. The number of fused-ring (bicyclic) bond motifs is 6. The van der Waals surface area contributed by atoms with Crippen LogP contribution in [0.4, 0.5) is 17.1 Å². The minimum Gasteiger partial charge on any atom is -0.310 e. The zero-order chi connectivity index (χ0) is 31.2. The van der Waals surface area contributed by atoms with E-state index in [1.807, 2.05) is 0 Å². The summed E-state index contributed by atoms with van der Waals surface area (Å²) in [7, 11) is 0. The van der Waals surface area contributed by atoms with Crippen LogP contribution in [0.3, 0.4) is 0 Å². The van der Waals surface area contributed by atoms with Gasteiger partial charge in [-0.3, -0.25) is 0 Å². The lowest BCUT2D eigenvalue weighted by Crippen LogP contribution is -2.11. The Morgan fingerprint density at radius 3 is 1.55 bits per heavy atom. The van der Waals surface area contributed by atoms with Crippen molar-refractivity contribution in [1.29, 1.82) is 0 Å². The lowest BCUT2D eigenvalue weighted by atomic mass is 9.94. The molecule has 0 spiro atoms. The lowest BCUT2D eigenvalue weighted by Gasteiger charge is -2.28. The molecule has 0 amide bonds. The zero-order valence-electron chi connectivity index (χ0n) is 25.8. The number of rotatable bonds is 5. The minimum absolute atomic E-state index is 1.12. The molecule has 0 radical (unpaired) electrons. The van der Waals surface area contributed by atoms with Crippen LogP contribution >= 0.6 is 0 Å². The predicted molar refractivity (Wildman–Crippen MR) is 202 cm³/mol. The summed E-state index contributed by atoms with van der Waals surface area (Å²) in [6.07, 6.45) is 0. The fraction of sp³-hybridized carbons (Fsp3) is 0. The van der Waals surface area contributed by atoms with Crippen molar-refractivity contribution in [2.45, 2.75) is 0 Å². The van der Waals surface area contributed by atoms with Gasteiger partial charge in [0.05, 0.1) is 5.69 Å². The highest BCUT2D eigenvalue weighted by atomic mass is 15.1. The molecule has 0 aliphatic rings. The Balaban J connectivity index is 1.28. The molecule has 0 aromatic heterocycles.